The van der Waals surface area contributed by atoms with Crippen molar-refractivity contribution in [1.29, 1.82) is 0 Å². The number of methoxy groups -OCH3 is 3. The van der Waals surface area contributed by atoms with E-state index in [0.29, 0.717) is 5.75 Å². The van der Waals surface area contributed by atoms with Gasteiger partial charge in [-0.05, 0) is 36.8 Å². The maximum Gasteiger partial charge on any atom is 0.254 e. The van der Waals surface area contributed by atoms with Crippen LogP contribution in [0.4, 0.5) is 10.1 Å². The molecular formula is C26H29FN2O6S. The van der Waals surface area contributed by atoms with Crippen molar-refractivity contribution >= 4 is 21.6 Å². The molecule has 1 amide bonds. The molecule has 36 heavy (non-hydrogen) atoms. The van der Waals surface area contributed by atoms with Crippen LogP contribution in [0.15, 0.2) is 60.7 Å². The number of hydrogen-bond acceptors (Lipinski definition) is 6. The van der Waals surface area contributed by atoms with Gasteiger partial charge in [-0.2, -0.15) is 0 Å². The molecule has 0 bridgehead atoms. The van der Waals surface area contributed by atoms with Gasteiger partial charge in [0.2, 0.25) is 10.0 Å². The standard InChI is InChI=1S/C26H29FN2O6S/c1-17(18-10-12-20(33-2)13-11-18)28-26(30)21-14-24(34-3)25(35-4)15-23(21)29(36(5,31)32)16-19-8-6-7-9-22(19)27/h6-15,17H,16H2,1-5H3,(H,28,30)/t17-/m0/s1. The van der Waals surface area contributed by atoms with Crippen LogP contribution in [0.25, 0.3) is 0 Å². The van der Waals surface area contributed by atoms with Crippen molar-refractivity contribution in [2.45, 2.75) is 19.5 Å². The fourth-order valence-electron chi connectivity index (χ4n) is 3.67. The lowest BCUT2D eigenvalue weighted by Crippen LogP contribution is -2.33. The van der Waals surface area contributed by atoms with Crippen LogP contribution in [0.5, 0.6) is 17.2 Å². The molecule has 0 radical (unpaired) electrons. The third kappa shape index (κ3) is 6.06. The first-order chi connectivity index (χ1) is 17.1. The summed E-state index contributed by atoms with van der Waals surface area (Å²) in [5, 5.41) is 2.89. The topological polar surface area (TPSA) is 94.2 Å². The number of rotatable bonds is 10. The van der Waals surface area contributed by atoms with Crippen LogP contribution >= 0.6 is 0 Å². The number of hydrogen-bond donors (Lipinski definition) is 1. The summed E-state index contributed by atoms with van der Waals surface area (Å²) in [6.45, 7) is 1.48. The number of benzene rings is 3. The summed E-state index contributed by atoms with van der Waals surface area (Å²) in [5.74, 6) is 0.0240. The van der Waals surface area contributed by atoms with Gasteiger partial charge in [-0.15, -0.1) is 0 Å². The summed E-state index contributed by atoms with van der Waals surface area (Å²) in [5.41, 5.74) is 1.01. The van der Waals surface area contributed by atoms with Crippen molar-refractivity contribution in [3.63, 3.8) is 0 Å². The number of ether oxygens (including phenoxy) is 3. The number of nitrogens with one attached hydrogen (secondary N) is 1. The maximum absolute atomic E-state index is 14.4. The van der Waals surface area contributed by atoms with Gasteiger partial charge >= 0.3 is 0 Å². The van der Waals surface area contributed by atoms with Crippen molar-refractivity contribution < 1.29 is 31.8 Å². The summed E-state index contributed by atoms with van der Waals surface area (Å²) in [4.78, 5) is 13.5. The highest BCUT2D eigenvalue weighted by Gasteiger charge is 2.28. The normalized spacial score (nSPS) is 11.9. The Balaban J connectivity index is 2.07. The fraction of sp³-hybridized carbons (Fsp3) is 0.269. The molecule has 1 N–H and O–H groups in total. The Morgan fingerprint density at radius 2 is 1.58 bits per heavy atom. The maximum atomic E-state index is 14.4. The molecule has 8 nitrogen and oxygen atoms in total. The molecule has 0 saturated carbocycles. The van der Waals surface area contributed by atoms with Gasteiger partial charge in [0.1, 0.15) is 11.6 Å². The van der Waals surface area contributed by atoms with Gasteiger partial charge in [0.25, 0.3) is 5.91 Å². The van der Waals surface area contributed by atoms with Crippen LogP contribution in [-0.4, -0.2) is 41.9 Å². The highest BCUT2D eigenvalue weighted by Crippen LogP contribution is 2.37. The Bertz CT molecular complexity index is 1330. The predicted molar refractivity (Wildman–Crippen MR) is 136 cm³/mol. The molecule has 0 spiro atoms. The number of sulfonamides is 1. The number of carbonyl (C=O) groups is 1. The lowest BCUT2D eigenvalue weighted by molar-refractivity contribution is 0.0940. The highest BCUT2D eigenvalue weighted by molar-refractivity contribution is 7.92. The van der Waals surface area contributed by atoms with E-state index in [-0.39, 0.29) is 34.9 Å². The predicted octanol–water partition coefficient (Wildman–Crippen LogP) is 4.31. The Labute approximate surface area is 210 Å². The minimum Gasteiger partial charge on any atom is -0.497 e. The number of nitrogens with zero attached hydrogens (tertiary/aromatic N) is 1. The SMILES string of the molecule is COc1ccc([C@H](C)NC(=O)c2cc(OC)c(OC)cc2N(Cc2ccccc2F)S(C)(=O)=O)cc1. The molecular weight excluding hydrogens is 487 g/mol. The van der Waals surface area contributed by atoms with Gasteiger partial charge in [-0.25, -0.2) is 12.8 Å². The Morgan fingerprint density at radius 3 is 2.14 bits per heavy atom. The van der Waals surface area contributed by atoms with E-state index in [4.69, 9.17) is 14.2 Å². The van der Waals surface area contributed by atoms with Gasteiger partial charge < -0.3 is 19.5 Å². The second-order valence-corrected chi connectivity index (χ2v) is 9.96. The summed E-state index contributed by atoms with van der Waals surface area (Å²) in [6, 6.07) is 15.4. The van der Waals surface area contributed by atoms with Crippen molar-refractivity contribution in [3.8, 4) is 17.2 Å². The first-order valence-electron chi connectivity index (χ1n) is 11.0. The molecule has 0 aliphatic carbocycles. The van der Waals surface area contributed by atoms with Crippen LogP contribution in [0, 0.1) is 5.82 Å². The van der Waals surface area contributed by atoms with Crippen LogP contribution in [0.1, 0.15) is 34.5 Å². The third-order valence-electron chi connectivity index (χ3n) is 5.65. The van der Waals surface area contributed by atoms with E-state index in [9.17, 15) is 17.6 Å². The number of amides is 1. The van der Waals surface area contributed by atoms with Crippen molar-refractivity contribution in [3.05, 3.63) is 83.2 Å². The molecule has 192 valence electrons. The van der Waals surface area contributed by atoms with Crippen LogP contribution in [0.2, 0.25) is 0 Å². The van der Waals surface area contributed by atoms with Gasteiger partial charge in [-0.3, -0.25) is 9.10 Å². The Hall–Kier alpha value is -3.79. The first kappa shape index (κ1) is 26.8. The average Bonchev–Trinajstić information content (AvgIpc) is 2.86. The summed E-state index contributed by atoms with van der Waals surface area (Å²) < 4.78 is 57.0. The van der Waals surface area contributed by atoms with E-state index in [0.717, 1.165) is 16.1 Å². The van der Waals surface area contributed by atoms with E-state index in [1.807, 2.05) is 12.1 Å². The molecule has 0 aliphatic heterocycles. The van der Waals surface area contributed by atoms with Gasteiger partial charge in [0.15, 0.2) is 11.5 Å². The Morgan fingerprint density at radius 1 is 0.972 bits per heavy atom. The molecule has 0 saturated heterocycles. The number of anilines is 1. The van der Waals surface area contributed by atoms with Crippen LogP contribution in [-0.2, 0) is 16.6 Å². The average molecular weight is 517 g/mol. The molecule has 1 atom stereocenters. The second-order valence-electron chi connectivity index (χ2n) is 8.05. The molecule has 0 heterocycles. The molecule has 0 fully saturated rings. The monoisotopic (exact) mass is 516 g/mol. The number of halogens is 1. The molecule has 3 rings (SSSR count). The van der Waals surface area contributed by atoms with Gasteiger partial charge in [0, 0.05) is 11.6 Å². The van der Waals surface area contributed by atoms with Crippen molar-refractivity contribution in [2.24, 2.45) is 0 Å². The lowest BCUT2D eigenvalue weighted by Gasteiger charge is -2.26. The van der Waals surface area contributed by atoms with E-state index in [1.165, 1.54) is 44.6 Å². The minimum absolute atomic E-state index is 0.0229. The van der Waals surface area contributed by atoms with Gasteiger partial charge in [0.05, 0.1) is 51.4 Å². The number of carbonyl (C=O) groups excluding carboxylic acids is 1. The first-order valence-corrected chi connectivity index (χ1v) is 12.9. The van der Waals surface area contributed by atoms with E-state index < -0.39 is 27.8 Å². The van der Waals surface area contributed by atoms with Crippen molar-refractivity contribution in [2.75, 3.05) is 31.9 Å². The van der Waals surface area contributed by atoms with Gasteiger partial charge in [-0.1, -0.05) is 30.3 Å². The van der Waals surface area contributed by atoms with Crippen LogP contribution in [0.3, 0.4) is 0 Å². The molecule has 0 aromatic heterocycles. The zero-order chi connectivity index (χ0) is 26.5. The van der Waals surface area contributed by atoms with Crippen LogP contribution < -0.4 is 23.8 Å². The summed E-state index contributed by atoms with van der Waals surface area (Å²) in [6.07, 6.45) is 0.992. The van der Waals surface area contributed by atoms with E-state index >= 15 is 0 Å². The Kier molecular flexibility index (Phi) is 8.41. The summed E-state index contributed by atoms with van der Waals surface area (Å²) >= 11 is 0. The third-order valence-corrected chi connectivity index (χ3v) is 6.78. The summed E-state index contributed by atoms with van der Waals surface area (Å²) in [7, 11) is 0.425. The molecule has 3 aromatic carbocycles. The quantitative estimate of drug-likeness (QED) is 0.432. The molecule has 0 unspecified atom stereocenters. The fourth-order valence-corrected chi connectivity index (χ4v) is 4.55. The van der Waals surface area contributed by atoms with Crippen molar-refractivity contribution in [1.82, 2.24) is 5.32 Å². The highest BCUT2D eigenvalue weighted by atomic mass is 32.2. The minimum atomic E-state index is -3.95. The van der Waals surface area contributed by atoms with E-state index in [2.05, 4.69) is 5.32 Å². The lowest BCUT2D eigenvalue weighted by atomic mass is 10.1. The smallest absolute Gasteiger partial charge is 0.254 e. The van der Waals surface area contributed by atoms with E-state index in [1.54, 1.807) is 32.2 Å². The zero-order valence-corrected chi connectivity index (χ0v) is 21.6. The molecule has 0 aliphatic rings. The zero-order valence-electron chi connectivity index (χ0n) is 20.7. The molecule has 10 heteroatoms. The second kappa shape index (κ2) is 11.3. The largest absolute Gasteiger partial charge is 0.497 e. The molecule has 3 aromatic rings.